The molecule has 0 bridgehead atoms. The highest BCUT2D eigenvalue weighted by Crippen LogP contribution is 2.27. The van der Waals surface area contributed by atoms with Gasteiger partial charge in [0.2, 0.25) is 5.88 Å². The number of nitrogens with zero attached hydrogens (tertiary/aromatic N) is 4. The van der Waals surface area contributed by atoms with Crippen LogP contribution in [0, 0.1) is 0 Å². The first kappa shape index (κ1) is 20.9. The van der Waals surface area contributed by atoms with Crippen molar-refractivity contribution in [2.24, 2.45) is 0 Å². The highest BCUT2D eigenvalue weighted by Gasteiger charge is 2.13. The Morgan fingerprint density at radius 1 is 0.765 bits per heavy atom. The molecule has 8 heteroatoms. The topological polar surface area (TPSA) is 91.2 Å². The number of hydrogen-bond donors (Lipinski definition) is 1. The molecule has 0 radical (unpaired) electrons. The van der Waals surface area contributed by atoms with Crippen LogP contribution >= 0.6 is 0 Å². The minimum atomic E-state index is -0.277. The van der Waals surface area contributed by atoms with E-state index in [0.717, 1.165) is 0 Å². The molecule has 2 aromatic heterocycles. The molecule has 166 valence electrons. The molecule has 0 spiro atoms. The molecule has 0 aliphatic rings. The number of nitrogens with one attached hydrogen (secondary N) is 1. The van der Waals surface area contributed by atoms with Crippen molar-refractivity contribution in [1.29, 1.82) is 0 Å². The second-order valence-electron chi connectivity index (χ2n) is 7.19. The summed E-state index contributed by atoms with van der Waals surface area (Å²) in [6.45, 7) is 0. The third-order valence-corrected chi connectivity index (χ3v) is 4.83. The van der Waals surface area contributed by atoms with Crippen LogP contribution in [0.15, 0.2) is 110 Å². The van der Waals surface area contributed by atoms with Crippen molar-refractivity contribution in [2.75, 3.05) is 5.32 Å². The van der Waals surface area contributed by atoms with Crippen molar-refractivity contribution in [2.45, 2.75) is 0 Å². The molecule has 0 saturated heterocycles. The molecular weight excluding hydrogens is 430 g/mol. The summed E-state index contributed by atoms with van der Waals surface area (Å²) in [5.41, 5.74) is 1.05. The fourth-order valence-electron chi connectivity index (χ4n) is 3.18. The number of para-hydroxylation sites is 2. The number of carbonyl (C=O) groups excluding carboxylic acids is 1. The minimum Gasteiger partial charge on any atom is -0.457 e. The Morgan fingerprint density at radius 3 is 2.26 bits per heavy atom. The van der Waals surface area contributed by atoms with Crippen LogP contribution in [-0.4, -0.2) is 25.7 Å². The molecule has 8 nitrogen and oxygen atoms in total. The molecule has 2 heterocycles. The maximum atomic E-state index is 12.9. The number of carbonyl (C=O) groups is 1. The van der Waals surface area contributed by atoms with E-state index >= 15 is 0 Å². The molecule has 0 fully saturated rings. The van der Waals surface area contributed by atoms with Gasteiger partial charge in [-0.1, -0.05) is 30.3 Å². The average Bonchev–Trinajstić information content (AvgIpc) is 3.42. The van der Waals surface area contributed by atoms with E-state index in [0.29, 0.717) is 40.2 Å². The van der Waals surface area contributed by atoms with Gasteiger partial charge in [-0.3, -0.25) is 9.36 Å². The first-order chi connectivity index (χ1) is 16.7. The van der Waals surface area contributed by atoms with Gasteiger partial charge in [0.15, 0.2) is 5.82 Å². The van der Waals surface area contributed by atoms with Gasteiger partial charge in [-0.25, -0.2) is 4.98 Å². The predicted octanol–water partition coefficient (Wildman–Crippen LogP) is 5.50. The summed E-state index contributed by atoms with van der Waals surface area (Å²) < 4.78 is 13.4. The molecule has 3 aromatic carbocycles. The molecule has 1 amide bonds. The van der Waals surface area contributed by atoms with Crippen LogP contribution in [0.4, 0.5) is 5.69 Å². The molecular formula is C26H19N5O3. The fourth-order valence-corrected chi connectivity index (χ4v) is 3.18. The second kappa shape index (κ2) is 9.66. The molecule has 0 aliphatic heterocycles. The van der Waals surface area contributed by atoms with Gasteiger partial charge in [0, 0.05) is 24.1 Å². The Bertz CT molecular complexity index is 1370. The zero-order valence-electron chi connectivity index (χ0n) is 17.9. The summed E-state index contributed by atoms with van der Waals surface area (Å²) in [6.07, 6.45) is 5.09. The number of aromatic nitrogens is 4. The summed E-state index contributed by atoms with van der Waals surface area (Å²) >= 11 is 0. The predicted molar refractivity (Wildman–Crippen MR) is 127 cm³/mol. The Morgan fingerprint density at radius 2 is 1.53 bits per heavy atom. The lowest BCUT2D eigenvalue weighted by Crippen LogP contribution is -2.12. The lowest BCUT2D eigenvalue weighted by Gasteiger charge is -2.12. The number of ether oxygens (including phenoxy) is 2. The Kier molecular flexibility index (Phi) is 5.94. The van der Waals surface area contributed by atoms with E-state index in [1.165, 1.54) is 0 Å². The standard InChI is InChI=1S/C26H19N5O3/c32-26(22-8-4-5-9-23(22)33-20-6-2-1-3-7-20)28-19-10-12-21(13-11-19)34-25-15-14-24(29-30-25)31-17-16-27-18-31/h1-18H,(H,28,32). The van der Waals surface area contributed by atoms with Crippen LogP contribution in [0.1, 0.15) is 10.4 Å². The van der Waals surface area contributed by atoms with Crippen molar-refractivity contribution in [3.8, 4) is 28.9 Å². The van der Waals surface area contributed by atoms with Crippen molar-refractivity contribution < 1.29 is 14.3 Å². The monoisotopic (exact) mass is 449 g/mol. The number of hydrogen-bond acceptors (Lipinski definition) is 6. The molecule has 34 heavy (non-hydrogen) atoms. The largest absolute Gasteiger partial charge is 0.457 e. The molecule has 1 N–H and O–H groups in total. The fraction of sp³-hybridized carbons (Fsp3) is 0. The van der Waals surface area contributed by atoms with Gasteiger partial charge in [0.25, 0.3) is 5.91 Å². The normalized spacial score (nSPS) is 10.5. The van der Waals surface area contributed by atoms with Gasteiger partial charge in [0.05, 0.1) is 5.56 Å². The summed E-state index contributed by atoms with van der Waals surface area (Å²) in [5, 5.41) is 11.1. The van der Waals surface area contributed by atoms with Crippen LogP contribution in [0.5, 0.6) is 23.1 Å². The molecule has 0 atom stereocenters. The highest BCUT2D eigenvalue weighted by atomic mass is 16.5. The Balaban J connectivity index is 1.24. The van der Waals surface area contributed by atoms with E-state index in [2.05, 4.69) is 20.5 Å². The van der Waals surface area contributed by atoms with Gasteiger partial charge < -0.3 is 14.8 Å². The van der Waals surface area contributed by atoms with Crippen molar-refractivity contribution in [1.82, 2.24) is 19.7 Å². The lowest BCUT2D eigenvalue weighted by molar-refractivity contribution is 0.102. The van der Waals surface area contributed by atoms with Crippen LogP contribution < -0.4 is 14.8 Å². The van der Waals surface area contributed by atoms with Crippen molar-refractivity contribution in [3.05, 3.63) is 115 Å². The van der Waals surface area contributed by atoms with Crippen LogP contribution in [0.2, 0.25) is 0 Å². The number of amides is 1. The number of rotatable bonds is 7. The molecule has 0 unspecified atom stereocenters. The molecule has 5 aromatic rings. The third-order valence-electron chi connectivity index (χ3n) is 4.83. The van der Waals surface area contributed by atoms with Crippen LogP contribution in [0.25, 0.3) is 5.82 Å². The van der Waals surface area contributed by atoms with E-state index in [-0.39, 0.29) is 5.91 Å². The maximum absolute atomic E-state index is 12.9. The smallest absolute Gasteiger partial charge is 0.259 e. The van der Waals surface area contributed by atoms with Crippen LogP contribution in [-0.2, 0) is 0 Å². The number of anilines is 1. The van der Waals surface area contributed by atoms with E-state index in [1.807, 2.05) is 36.4 Å². The average molecular weight is 449 g/mol. The van der Waals surface area contributed by atoms with E-state index in [1.54, 1.807) is 77.9 Å². The highest BCUT2D eigenvalue weighted by molar-refractivity contribution is 6.06. The molecule has 5 rings (SSSR count). The first-order valence-electron chi connectivity index (χ1n) is 10.5. The van der Waals surface area contributed by atoms with Gasteiger partial charge in [-0.05, 0) is 54.6 Å². The van der Waals surface area contributed by atoms with Gasteiger partial charge >= 0.3 is 0 Å². The zero-order chi connectivity index (χ0) is 23.2. The third kappa shape index (κ3) is 4.91. The number of imidazole rings is 1. The summed E-state index contributed by atoms with van der Waals surface area (Å²) in [5.74, 6) is 2.41. The molecule has 0 saturated carbocycles. The first-order valence-corrected chi connectivity index (χ1v) is 10.5. The summed E-state index contributed by atoms with van der Waals surface area (Å²) in [6, 6.07) is 26.9. The minimum absolute atomic E-state index is 0.277. The summed E-state index contributed by atoms with van der Waals surface area (Å²) in [4.78, 5) is 16.9. The van der Waals surface area contributed by atoms with E-state index in [4.69, 9.17) is 9.47 Å². The van der Waals surface area contributed by atoms with E-state index in [9.17, 15) is 4.79 Å². The van der Waals surface area contributed by atoms with Gasteiger partial charge in [-0.2, -0.15) is 0 Å². The maximum Gasteiger partial charge on any atom is 0.259 e. The SMILES string of the molecule is O=C(Nc1ccc(Oc2ccc(-n3ccnc3)nn2)cc1)c1ccccc1Oc1ccccc1. The Hall–Kier alpha value is -4.98. The number of benzene rings is 3. The van der Waals surface area contributed by atoms with Gasteiger partial charge in [-0.15, -0.1) is 10.2 Å². The zero-order valence-corrected chi connectivity index (χ0v) is 17.9. The molecule has 0 aliphatic carbocycles. The Labute approximate surface area is 195 Å². The second-order valence-corrected chi connectivity index (χ2v) is 7.19. The van der Waals surface area contributed by atoms with Crippen molar-refractivity contribution in [3.63, 3.8) is 0 Å². The van der Waals surface area contributed by atoms with E-state index < -0.39 is 0 Å². The van der Waals surface area contributed by atoms with Gasteiger partial charge in [0.1, 0.15) is 23.6 Å². The van der Waals surface area contributed by atoms with Crippen LogP contribution in [0.3, 0.4) is 0 Å². The van der Waals surface area contributed by atoms with Crippen molar-refractivity contribution >= 4 is 11.6 Å². The quantitative estimate of drug-likeness (QED) is 0.353. The summed E-state index contributed by atoms with van der Waals surface area (Å²) in [7, 11) is 0. The lowest BCUT2D eigenvalue weighted by atomic mass is 10.1.